The molecular formula is C15H21F2NO4S2. The molecule has 0 unspecified atom stereocenters. The molecule has 1 aromatic carbocycles. The van der Waals surface area contributed by atoms with Crippen molar-refractivity contribution in [2.75, 3.05) is 18.8 Å². The van der Waals surface area contributed by atoms with Gasteiger partial charge in [0.15, 0.2) is 9.84 Å². The van der Waals surface area contributed by atoms with Crippen molar-refractivity contribution < 1.29 is 25.6 Å². The third kappa shape index (κ3) is 4.31. The van der Waals surface area contributed by atoms with E-state index in [4.69, 9.17) is 0 Å². The van der Waals surface area contributed by atoms with Crippen LogP contribution in [0, 0.1) is 17.6 Å². The topological polar surface area (TPSA) is 71.5 Å². The molecule has 136 valence electrons. The summed E-state index contributed by atoms with van der Waals surface area (Å²) in [5.41, 5.74) is 0. The Morgan fingerprint density at radius 1 is 1.04 bits per heavy atom. The Bertz CT molecular complexity index is 779. The number of hydrogen-bond donors (Lipinski definition) is 0. The summed E-state index contributed by atoms with van der Waals surface area (Å²) in [6.07, 6.45) is 0.373. The normalized spacial score (nSPS) is 18.2. The quantitative estimate of drug-likeness (QED) is 0.784. The average molecular weight is 381 g/mol. The van der Waals surface area contributed by atoms with Crippen LogP contribution in [0.4, 0.5) is 8.78 Å². The van der Waals surface area contributed by atoms with E-state index in [9.17, 15) is 25.6 Å². The molecule has 0 spiro atoms. The Morgan fingerprint density at radius 2 is 1.54 bits per heavy atom. The van der Waals surface area contributed by atoms with Gasteiger partial charge in [-0.1, -0.05) is 13.8 Å². The van der Waals surface area contributed by atoms with E-state index >= 15 is 0 Å². The van der Waals surface area contributed by atoms with Crippen molar-refractivity contribution in [1.82, 2.24) is 4.31 Å². The number of sulfone groups is 1. The second kappa shape index (κ2) is 7.05. The standard InChI is InChI=1S/C15H21F2NO4S2/c1-11(2)10-23(19,20)14-3-5-18(6-4-14)24(21,22)15-8-12(16)7-13(17)9-15/h7-9,11,14H,3-6,10H2,1-2H3. The van der Waals surface area contributed by atoms with E-state index < -0.39 is 41.6 Å². The fourth-order valence-corrected chi connectivity index (χ4v) is 6.50. The first kappa shape index (κ1) is 19.3. The first-order valence-corrected chi connectivity index (χ1v) is 10.9. The zero-order valence-electron chi connectivity index (χ0n) is 13.6. The number of piperidine rings is 1. The van der Waals surface area contributed by atoms with Crippen LogP contribution in [0.2, 0.25) is 0 Å². The molecule has 0 N–H and O–H groups in total. The van der Waals surface area contributed by atoms with Gasteiger partial charge in [-0.3, -0.25) is 0 Å². The molecule has 1 fully saturated rings. The lowest BCUT2D eigenvalue weighted by molar-refractivity contribution is 0.345. The minimum Gasteiger partial charge on any atom is -0.229 e. The second-order valence-corrected chi connectivity index (χ2v) is 10.7. The Labute approximate surface area is 141 Å². The maximum atomic E-state index is 13.3. The van der Waals surface area contributed by atoms with Crippen molar-refractivity contribution in [3.63, 3.8) is 0 Å². The molecule has 0 aromatic heterocycles. The highest BCUT2D eigenvalue weighted by Gasteiger charge is 2.35. The number of halogens is 2. The minimum atomic E-state index is -4.04. The van der Waals surface area contributed by atoms with Crippen LogP contribution in [-0.4, -0.2) is 45.2 Å². The summed E-state index contributed by atoms with van der Waals surface area (Å²) in [5, 5.41) is -0.574. The van der Waals surface area contributed by atoms with Gasteiger partial charge in [0, 0.05) is 19.2 Å². The maximum absolute atomic E-state index is 13.3. The monoisotopic (exact) mass is 381 g/mol. The average Bonchev–Trinajstić information content (AvgIpc) is 2.45. The van der Waals surface area contributed by atoms with E-state index in [2.05, 4.69) is 0 Å². The predicted octanol–water partition coefficient (Wildman–Crippen LogP) is 2.19. The van der Waals surface area contributed by atoms with Crippen molar-refractivity contribution >= 4 is 19.9 Å². The summed E-state index contributed by atoms with van der Waals surface area (Å²) in [4.78, 5) is -0.455. The van der Waals surface area contributed by atoms with Gasteiger partial charge in [0.2, 0.25) is 10.0 Å². The van der Waals surface area contributed by atoms with Gasteiger partial charge in [0.1, 0.15) is 11.6 Å². The highest BCUT2D eigenvalue weighted by molar-refractivity contribution is 7.92. The molecule has 5 nitrogen and oxygen atoms in total. The Balaban J connectivity index is 2.14. The summed E-state index contributed by atoms with van der Waals surface area (Å²) < 4.78 is 77.0. The van der Waals surface area contributed by atoms with E-state index in [0.29, 0.717) is 6.07 Å². The van der Waals surface area contributed by atoms with E-state index in [1.807, 2.05) is 13.8 Å². The summed E-state index contributed by atoms with van der Waals surface area (Å²) in [7, 11) is -7.31. The zero-order valence-corrected chi connectivity index (χ0v) is 15.2. The van der Waals surface area contributed by atoms with Crippen molar-refractivity contribution in [3.05, 3.63) is 29.8 Å². The lowest BCUT2D eigenvalue weighted by Gasteiger charge is -2.31. The molecule has 0 aliphatic carbocycles. The van der Waals surface area contributed by atoms with Gasteiger partial charge < -0.3 is 0 Å². The van der Waals surface area contributed by atoms with Gasteiger partial charge in [0.25, 0.3) is 0 Å². The van der Waals surface area contributed by atoms with Gasteiger partial charge in [-0.05, 0) is 30.9 Å². The smallest absolute Gasteiger partial charge is 0.229 e. The third-order valence-electron chi connectivity index (χ3n) is 3.95. The highest BCUT2D eigenvalue weighted by Crippen LogP contribution is 2.26. The van der Waals surface area contributed by atoms with Crippen LogP contribution in [0.5, 0.6) is 0 Å². The van der Waals surface area contributed by atoms with Crippen LogP contribution in [0.1, 0.15) is 26.7 Å². The Hall–Kier alpha value is -1.06. The van der Waals surface area contributed by atoms with Crippen molar-refractivity contribution in [1.29, 1.82) is 0 Å². The molecule has 1 aliphatic rings. The lowest BCUT2D eigenvalue weighted by atomic mass is 10.2. The lowest BCUT2D eigenvalue weighted by Crippen LogP contribution is -2.43. The number of sulfonamides is 1. The number of rotatable bonds is 5. The molecule has 1 saturated heterocycles. The molecular weight excluding hydrogens is 360 g/mol. The van der Waals surface area contributed by atoms with Gasteiger partial charge in [-0.2, -0.15) is 4.31 Å². The van der Waals surface area contributed by atoms with Crippen molar-refractivity contribution in [3.8, 4) is 0 Å². The fourth-order valence-electron chi connectivity index (χ4n) is 2.86. The first-order valence-electron chi connectivity index (χ1n) is 7.70. The van der Waals surface area contributed by atoms with Gasteiger partial charge in [-0.25, -0.2) is 25.6 Å². The second-order valence-electron chi connectivity index (χ2n) is 6.43. The SMILES string of the molecule is CC(C)CS(=O)(=O)C1CCN(S(=O)(=O)c2cc(F)cc(F)c2)CC1. The zero-order chi connectivity index (χ0) is 18.1. The van der Waals surface area contributed by atoms with Gasteiger partial charge in [-0.15, -0.1) is 0 Å². The minimum absolute atomic E-state index is 0.00651. The van der Waals surface area contributed by atoms with Crippen LogP contribution in [0.3, 0.4) is 0 Å². The highest BCUT2D eigenvalue weighted by atomic mass is 32.2. The van der Waals surface area contributed by atoms with Crippen LogP contribution >= 0.6 is 0 Å². The Kier molecular flexibility index (Phi) is 5.66. The van der Waals surface area contributed by atoms with Gasteiger partial charge >= 0.3 is 0 Å². The third-order valence-corrected chi connectivity index (χ3v) is 8.44. The first-order chi connectivity index (χ1) is 11.0. The molecule has 0 amide bonds. The molecule has 9 heteroatoms. The predicted molar refractivity (Wildman–Crippen MR) is 86.8 cm³/mol. The van der Waals surface area contributed by atoms with E-state index in [1.54, 1.807) is 0 Å². The van der Waals surface area contributed by atoms with E-state index in [1.165, 1.54) is 0 Å². The van der Waals surface area contributed by atoms with Crippen LogP contribution < -0.4 is 0 Å². The molecule has 1 heterocycles. The van der Waals surface area contributed by atoms with Gasteiger partial charge in [0.05, 0.1) is 15.9 Å². The molecule has 1 aromatic rings. The van der Waals surface area contributed by atoms with E-state index in [-0.39, 0.29) is 37.6 Å². The molecule has 1 aliphatic heterocycles. The molecule has 0 bridgehead atoms. The van der Waals surface area contributed by atoms with Crippen molar-refractivity contribution in [2.45, 2.75) is 36.8 Å². The summed E-state index contributed by atoms with van der Waals surface area (Å²) >= 11 is 0. The van der Waals surface area contributed by atoms with Crippen LogP contribution in [-0.2, 0) is 19.9 Å². The summed E-state index contributed by atoms with van der Waals surface area (Å²) in [6.45, 7) is 3.66. The van der Waals surface area contributed by atoms with Crippen LogP contribution in [0.25, 0.3) is 0 Å². The maximum Gasteiger partial charge on any atom is 0.243 e. The molecule has 0 saturated carbocycles. The molecule has 2 rings (SSSR count). The number of hydrogen-bond acceptors (Lipinski definition) is 4. The van der Waals surface area contributed by atoms with Crippen LogP contribution in [0.15, 0.2) is 23.1 Å². The molecule has 0 radical (unpaired) electrons. The summed E-state index contributed by atoms with van der Waals surface area (Å²) in [6, 6.07) is 2.13. The van der Waals surface area contributed by atoms with E-state index in [0.717, 1.165) is 16.4 Å². The number of nitrogens with zero attached hydrogens (tertiary/aromatic N) is 1. The van der Waals surface area contributed by atoms with Crippen molar-refractivity contribution in [2.24, 2.45) is 5.92 Å². The summed E-state index contributed by atoms with van der Waals surface area (Å²) in [5.74, 6) is -1.86. The largest absolute Gasteiger partial charge is 0.243 e. The molecule has 24 heavy (non-hydrogen) atoms. The molecule has 0 atom stereocenters. The fraction of sp³-hybridized carbons (Fsp3) is 0.600. The Morgan fingerprint density at radius 3 is 2.00 bits per heavy atom. The number of benzene rings is 1.